The number of nitriles is 1. The van der Waals surface area contributed by atoms with E-state index in [0.717, 1.165) is 61.5 Å². The molecule has 4 aromatic rings. The van der Waals surface area contributed by atoms with E-state index in [1.54, 1.807) is 16.9 Å². The lowest BCUT2D eigenvalue weighted by atomic mass is 10.0. The van der Waals surface area contributed by atoms with Crippen LogP contribution in [0.5, 0.6) is 11.6 Å². The molecular formula is C29H31N7O3. The number of aromatic nitrogens is 4. The molecular weight excluding hydrogens is 494 g/mol. The third-order valence-electron chi connectivity index (χ3n) is 7.23. The van der Waals surface area contributed by atoms with E-state index in [2.05, 4.69) is 33.0 Å². The van der Waals surface area contributed by atoms with Crippen LogP contribution in [0, 0.1) is 11.3 Å². The first-order chi connectivity index (χ1) is 19.2. The predicted molar refractivity (Wildman–Crippen MR) is 146 cm³/mol. The van der Waals surface area contributed by atoms with Gasteiger partial charge in [-0.3, -0.25) is 0 Å². The molecule has 0 N–H and O–H groups in total. The Labute approximate surface area is 227 Å². The van der Waals surface area contributed by atoms with Crippen LogP contribution in [0.15, 0.2) is 61.2 Å². The summed E-state index contributed by atoms with van der Waals surface area (Å²) in [7, 11) is 2.09. The van der Waals surface area contributed by atoms with Gasteiger partial charge in [0.15, 0.2) is 0 Å². The fourth-order valence-corrected chi connectivity index (χ4v) is 5.16. The summed E-state index contributed by atoms with van der Waals surface area (Å²) in [4.78, 5) is 13.6. The van der Waals surface area contributed by atoms with Crippen molar-refractivity contribution in [3.8, 4) is 28.8 Å². The second kappa shape index (κ2) is 11.3. The molecule has 6 heterocycles. The zero-order valence-corrected chi connectivity index (χ0v) is 21.9. The van der Waals surface area contributed by atoms with Gasteiger partial charge < -0.3 is 24.0 Å². The van der Waals surface area contributed by atoms with Gasteiger partial charge >= 0.3 is 0 Å². The van der Waals surface area contributed by atoms with Crippen molar-refractivity contribution in [2.24, 2.45) is 0 Å². The average Bonchev–Trinajstić information content (AvgIpc) is 3.40. The molecule has 1 atom stereocenters. The fraction of sp³-hybridized carbons (Fsp3) is 0.379. The minimum Gasteiger partial charge on any atom is -0.489 e. The Morgan fingerprint density at radius 2 is 2.00 bits per heavy atom. The molecule has 200 valence electrons. The largest absolute Gasteiger partial charge is 0.489 e. The maximum atomic E-state index is 9.70. The normalized spacial score (nSPS) is 18.7. The summed E-state index contributed by atoms with van der Waals surface area (Å²) in [6.45, 7) is 4.61. The van der Waals surface area contributed by atoms with Crippen molar-refractivity contribution in [3.63, 3.8) is 0 Å². The van der Waals surface area contributed by atoms with Gasteiger partial charge in [-0.2, -0.15) is 10.4 Å². The van der Waals surface area contributed by atoms with Gasteiger partial charge in [0.2, 0.25) is 5.88 Å². The van der Waals surface area contributed by atoms with Gasteiger partial charge in [0.05, 0.1) is 30.1 Å². The SMILES string of the molecule is CN1CCOC(COc2cc(-c3ccc(N4CCC(Oc5ccccn5)CC4)nc3)c3c(C#N)cnn3c2)C1. The molecule has 4 aromatic heterocycles. The van der Waals surface area contributed by atoms with Crippen LogP contribution in [-0.2, 0) is 4.74 Å². The predicted octanol–water partition coefficient (Wildman–Crippen LogP) is 3.42. The van der Waals surface area contributed by atoms with Gasteiger partial charge in [-0.25, -0.2) is 14.5 Å². The van der Waals surface area contributed by atoms with Crippen molar-refractivity contribution >= 4 is 11.3 Å². The minimum absolute atomic E-state index is 0.00892. The summed E-state index contributed by atoms with van der Waals surface area (Å²) < 4.78 is 19.7. The average molecular weight is 526 g/mol. The van der Waals surface area contributed by atoms with Crippen molar-refractivity contribution in [1.29, 1.82) is 5.26 Å². The summed E-state index contributed by atoms with van der Waals surface area (Å²) in [5.74, 6) is 2.26. The van der Waals surface area contributed by atoms with E-state index in [1.807, 2.05) is 48.8 Å². The van der Waals surface area contributed by atoms with Gasteiger partial charge in [0.1, 0.15) is 36.5 Å². The van der Waals surface area contributed by atoms with Crippen molar-refractivity contribution in [2.75, 3.05) is 51.3 Å². The first kappa shape index (κ1) is 25.1. The highest BCUT2D eigenvalue weighted by Gasteiger charge is 2.23. The van der Waals surface area contributed by atoms with Crippen LogP contribution in [0.2, 0.25) is 0 Å². The van der Waals surface area contributed by atoms with Gasteiger partial charge in [-0.1, -0.05) is 6.07 Å². The summed E-state index contributed by atoms with van der Waals surface area (Å²) >= 11 is 0. The van der Waals surface area contributed by atoms with E-state index >= 15 is 0 Å². The second-order valence-corrected chi connectivity index (χ2v) is 10.00. The lowest BCUT2D eigenvalue weighted by molar-refractivity contribution is -0.0404. The quantitative estimate of drug-likeness (QED) is 0.359. The molecule has 2 fully saturated rings. The second-order valence-electron chi connectivity index (χ2n) is 10.00. The molecule has 0 amide bonds. The van der Waals surface area contributed by atoms with E-state index in [0.29, 0.717) is 30.4 Å². The lowest BCUT2D eigenvalue weighted by Crippen LogP contribution is -2.42. The van der Waals surface area contributed by atoms with Crippen molar-refractivity contribution in [1.82, 2.24) is 24.5 Å². The highest BCUT2D eigenvalue weighted by molar-refractivity contribution is 5.85. The molecule has 2 saturated heterocycles. The molecule has 1 unspecified atom stereocenters. The van der Waals surface area contributed by atoms with Gasteiger partial charge in [0.25, 0.3) is 0 Å². The number of ether oxygens (including phenoxy) is 3. The first-order valence-corrected chi connectivity index (χ1v) is 13.3. The van der Waals surface area contributed by atoms with Crippen LogP contribution >= 0.6 is 0 Å². The Morgan fingerprint density at radius 1 is 1.10 bits per heavy atom. The highest BCUT2D eigenvalue weighted by atomic mass is 16.5. The maximum absolute atomic E-state index is 9.70. The summed E-state index contributed by atoms with van der Waals surface area (Å²) in [5, 5.41) is 14.1. The van der Waals surface area contributed by atoms with E-state index in [-0.39, 0.29) is 12.2 Å². The first-order valence-electron chi connectivity index (χ1n) is 13.3. The van der Waals surface area contributed by atoms with Crippen LogP contribution in [-0.4, -0.2) is 83.1 Å². The molecule has 0 aromatic carbocycles. The number of pyridine rings is 3. The molecule has 10 nitrogen and oxygen atoms in total. The Morgan fingerprint density at radius 3 is 2.74 bits per heavy atom. The molecule has 0 radical (unpaired) electrons. The maximum Gasteiger partial charge on any atom is 0.213 e. The number of piperidine rings is 1. The lowest BCUT2D eigenvalue weighted by Gasteiger charge is -2.32. The number of rotatable bonds is 7. The Bertz CT molecular complexity index is 1440. The van der Waals surface area contributed by atoms with E-state index in [1.165, 1.54) is 0 Å². The molecule has 6 rings (SSSR count). The van der Waals surface area contributed by atoms with Crippen LogP contribution in [0.3, 0.4) is 0 Å². The van der Waals surface area contributed by atoms with Crippen LogP contribution in [0.4, 0.5) is 5.82 Å². The summed E-state index contributed by atoms with van der Waals surface area (Å²) in [6, 6.07) is 14.0. The highest BCUT2D eigenvalue weighted by Crippen LogP contribution is 2.32. The van der Waals surface area contributed by atoms with Crippen molar-refractivity contribution in [3.05, 3.63) is 66.7 Å². The summed E-state index contributed by atoms with van der Waals surface area (Å²) in [5.41, 5.74) is 2.99. The van der Waals surface area contributed by atoms with E-state index in [4.69, 9.17) is 19.2 Å². The molecule has 2 aliphatic rings. The number of nitrogens with zero attached hydrogens (tertiary/aromatic N) is 7. The van der Waals surface area contributed by atoms with E-state index in [9.17, 15) is 5.26 Å². The third-order valence-corrected chi connectivity index (χ3v) is 7.23. The van der Waals surface area contributed by atoms with Crippen LogP contribution in [0.1, 0.15) is 18.4 Å². The Kier molecular flexibility index (Phi) is 7.25. The summed E-state index contributed by atoms with van der Waals surface area (Å²) in [6.07, 6.45) is 8.97. The fourth-order valence-electron chi connectivity index (χ4n) is 5.16. The smallest absolute Gasteiger partial charge is 0.213 e. The molecule has 0 spiro atoms. The number of hydrogen-bond donors (Lipinski definition) is 0. The third kappa shape index (κ3) is 5.65. The van der Waals surface area contributed by atoms with Crippen molar-refractivity contribution in [2.45, 2.75) is 25.0 Å². The molecule has 10 heteroatoms. The standard InChI is InChI=1S/C29H31N7O3/c1-34-12-13-37-25(18-34)20-38-24-14-26(29-22(15-30)17-33-36(29)19-24)21-5-6-27(32-16-21)35-10-7-23(8-11-35)39-28-4-2-3-9-31-28/h2-6,9,14,16-17,19,23,25H,7-8,10-13,18,20H2,1H3. The Hall–Kier alpha value is -4.20. The number of likely N-dealkylation sites (N-methyl/N-ethyl adjacent to an activating group) is 1. The van der Waals surface area contributed by atoms with Gasteiger partial charge in [-0.05, 0) is 31.3 Å². The van der Waals surface area contributed by atoms with Gasteiger partial charge in [0, 0.05) is 68.6 Å². The van der Waals surface area contributed by atoms with Crippen LogP contribution < -0.4 is 14.4 Å². The number of hydrogen-bond acceptors (Lipinski definition) is 9. The number of morpholine rings is 1. The molecule has 0 bridgehead atoms. The van der Waals surface area contributed by atoms with Crippen LogP contribution in [0.25, 0.3) is 16.6 Å². The molecule has 0 aliphatic carbocycles. The number of anilines is 1. The minimum atomic E-state index is 0.00892. The Balaban J connectivity index is 1.17. The van der Waals surface area contributed by atoms with E-state index < -0.39 is 0 Å². The number of fused-ring (bicyclic) bond motifs is 1. The zero-order valence-electron chi connectivity index (χ0n) is 21.9. The molecule has 39 heavy (non-hydrogen) atoms. The van der Waals surface area contributed by atoms with Gasteiger partial charge in [-0.15, -0.1) is 0 Å². The topological polar surface area (TPSA) is 101 Å². The van der Waals surface area contributed by atoms with Crippen molar-refractivity contribution < 1.29 is 14.2 Å². The monoisotopic (exact) mass is 525 g/mol. The molecule has 0 saturated carbocycles. The molecule has 2 aliphatic heterocycles. The zero-order chi connectivity index (χ0) is 26.6.